The van der Waals surface area contributed by atoms with Gasteiger partial charge < -0.3 is 26.9 Å². The van der Waals surface area contributed by atoms with E-state index in [1.807, 2.05) is 0 Å². The Hall–Kier alpha value is -0.690. The van der Waals surface area contributed by atoms with Crippen molar-refractivity contribution in [2.75, 3.05) is 6.61 Å². The Kier molecular flexibility index (Phi) is 12.8. The molecule has 0 rings (SSSR count). The van der Waals surface area contributed by atoms with Gasteiger partial charge >= 0.3 is 5.97 Å². The first-order valence-electron chi connectivity index (χ1n) is 1.77. The van der Waals surface area contributed by atoms with Crippen LogP contribution in [0.2, 0.25) is 0 Å². The average molecular weight is 141 g/mol. The standard InChI is InChI=1S/C3H7NO3.2H2O/c4-2(1-5)3(6)7;;/h2,5H,1,4H2,(H,6,7);2*1H2. The number of hydrogen-bond donors (Lipinski definition) is 3. The molecule has 6 heteroatoms. The zero-order chi connectivity index (χ0) is 5.86. The maximum Gasteiger partial charge on any atom is 0.322 e. The molecular formula is C3H11NO5. The van der Waals surface area contributed by atoms with Crippen LogP contribution in [0.3, 0.4) is 0 Å². The molecule has 0 aromatic rings. The minimum absolute atomic E-state index is 0. The van der Waals surface area contributed by atoms with E-state index < -0.39 is 18.6 Å². The number of aliphatic hydroxyl groups is 1. The quantitative estimate of drug-likeness (QED) is 0.370. The Labute approximate surface area is 51.5 Å². The van der Waals surface area contributed by atoms with Crippen molar-refractivity contribution in [1.82, 2.24) is 0 Å². The fourth-order valence-electron chi connectivity index (χ4n) is 0.0781. The van der Waals surface area contributed by atoms with Gasteiger partial charge in [0.05, 0.1) is 6.61 Å². The van der Waals surface area contributed by atoms with E-state index in [2.05, 4.69) is 0 Å². The second kappa shape index (κ2) is 7.31. The molecule has 8 N–H and O–H groups in total. The van der Waals surface area contributed by atoms with Crippen molar-refractivity contribution < 1.29 is 26.0 Å². The summed E-state index contributed by atoms with van der Waals surface area (Å²) in [5, 5.41) is 15.9. The van der Waals surface area contributed by atoms with Crippen LogP contribution in [0.5, 0.6) is 0 Å². The summed E-state index contributed by atoms with van der Waals surface area (Å²) in [6.45, 7) is -0.505. The van der Waals surface area contributed by atoms with Crippen molar-refractivity contribution in [3.63, 3.8) is 0 Å². The molecule has 0 amide bonds. The van der Waals surface area contributed by atoms with E-state index in [1.165, 1.54) is 0 Å². The van der Waals surface area contributed by atoms with E-state index in [1.54, 1.807) is 0 Å². The fourth-order valence-corrected chi connectivity index (χ4v) is 0.0781. The number of rotatable bonds is 2. The summed E-state index contributed by atoms with van der Waals surface area (Å²) < 4.78 is 0. The Morgan fingerprint density at radius 3 is 1.89 bits per heavy atom. The molecule has 0 heterocycles. The average Bonchev–Trinajstić information content (AvgIpc) is 1.65. The normalized spacial score (nSPS) is 10.4. The molecule has 0 fully saturated rings. The summed E-state index contributed by atoms with van der Waals surface area (Å²) in [5.41, 5.74) is 4.77. The fraction of sp³-hybridized carbons (Fsp3) is 0.667. The molecule has 0 saturated heterocycles. The molecule has 0 aliphatic carbocycles. The van der Waals surface area contributed by atoms with Crippen LogP contribution in [-0.2, 0) is 4.79 Å². The third kappa shape index (κ3) is 7.31. The summed E-state index contributed by atoms with van der Waals surface area (Å²) in [7, 11) is 0. The lowest BCUT2D eigenvalue weighted by molar-refractivity contribution is -0.139. The maximum atomic E-state index is 9.65. The maximum absolute atomic E-state index is 9.65. The van der Waals surface area contributed by atoms with Gasteiger partial charge in [-0.3, -0.25) is 4.79 Å². The first kappa shape index (κ1) is 15.7. The van der Waals surface area contributed by atoms with Gasteiger partial charge in [-0.2, -0.15) is 0 Å². The molecule has 1 atom stereocenters. The van der Waals surface area contributed by atoms with Crippen molar-refractivity contribution in [2.45, 2.75) is 6.04 Å². The number of nitrogens with two attached hydrogens (primary N) is 1. The predicted octanol–water partition coefficient (Wildman–Crippen LogP) is -3.26. The monoisotopic (exact) mass is 141 g/mol. The van der Waals surface area contributed by atoms with Crippen LogP contribution in [0.1, 0.15) is 0 Å². The van der Waals surface area contributed by atoms with E-state index in [4.69, 9.17) is 15.9 Å². The van der Waals surface area contributed by atoms with Gasteiger partial charge in [-0.25, -0.2) is 0 Å². The van der Waals surface area contributed by atoms with E-state index in [0.717, 1.165) is 0 Å². The van der Waals surface area contributed by atoms with Crippen molar-refractivity contribution in [1.29, 1.82) is 0 Å². The lowest BCUT2D eigenvalue weighted by Gasteiger charge is -1.96. The minimum Gasteiger partial charge on any atom is -0.480 e. The van der Waals surface area contributed by atoms with Crippen LogP contribution in [-0.4, -0.2) is 39.8 Å². The first-order valence-corrected chi connectivity index (χ1v) is 1.77. The molecule has 0 aromatic carbocycles. The van der Waals surface area contributed by atoms with Gasteiger partial charge in [-0.1, -0.05) is 0 Å². The summed E-state index contributed by atoms with van der Waals surface area (Å²) in [6.07, 6.45) is 0. The minimum atomic E-state index is -1.18. The molecular weight excluding hydrogens is 130 g/mol. The zero-order valence-corrected chi connectivity index (χ0v) is 4.66. The van der Waals surface area contributed by atoms with Gasteiger partial charge in [0.1, 0.15) is 6.04 Å². The first-order chi connectivity index (χ1) is 3.18. The summed E-state index contributed by atoms with van der Waals surface area (Å²) in [6, 6.07) is -1.13. The molecule has 0 aromatic heterocycles. The predicted molar refractivity (Wildman–Crippen MR) is 29.9 cm³/mol. The van der Waals surface area contributed by atoms with Crippen LogP contribution in [0.25, 0.3) is 0 Å². The Morgan fingerprint density at radius 1 is 1.56 bits per heavy atom. The smallest absolute Gasteiger partial charge is 0.322 e. The number of carbonyl (C=O) groups is 1. The highest BCUT2D eigenvalue weighted by Crippen LogP contribution is 1.71. The van der Waals surface area contributed by atoms with Crippen LogP contribution < -0.4 is 5.73 Å². The molecule has 1 unspecified atom stereocenters. The molecule has 0 spiro atoms. The summed E-state index contributed by atoms with van der Waals surface area (Å²) >= 11 is 0. The van der Waals surface area contributed by atoms with E-state index >= 15 is 0 Å². The largest absolute Gasteiger partial charge is 0.480 e. The van der Waals surface area contributed by atoms with Crippen molar-refractivity contribution in [2.24, 2.45) is 5.73 Å². The topological polar surface area (TPSA) is 147 Å². The highest BCUT2D eigenvalue weighted by Gasteiger charge is 2.06. The van der Waals surface area contributed by atoms with Gasteiger partial charge in [0, 0.05) is 0 Å². The van der Waals surface area contributed by atoms with Gasteiger partial charge in [0.15, 0.2) is 0 Å². The SMILES string of the molecule is NC(CO)C(=O)O.O.O. The molecule has 0 radical (unpaired) electrons. The van der Waals surface area contributed by atoms with Gasteiger partial charge in [0.2, 0.25) is 0 Å². The summed E-state index contributed by atoms with van der Waals surface area (Å²) in [5.74, 6) is -1.18. The third-order valence-electron chi connectivity index (χ3n) is 0.514. The lowest BCUT2D eigenvalue weighted by atomic mass is 10.3. The Morgan fingerprint density at radius 2 is 1.89 bits per heavy atom. The van der Waals surface area contributed by atoms with Crippen LogP contribution in [0, 0.1) is 0 Å². The number of aliphatic carboxylic acids is 1. The third-order valence-corrected chi connectivity index (χ3v) is 0.514. The lowest BCUT2D eigenvalue weighted by Crippen LogP contribution is -2.33. The van der Waals surface area contributed by atoms with Crippen molar-refractivity contribution >= 4 is 5.97 Å². The molecule has 9 heavy (non-hydrogen) atoms. The Bertz CT molecular complexity index is 74.6. The summed E-state index contributed by atoms with van der Waals surface area (Å²) in [4.78, 5) is 9.65. The van der Waals surface area contributed by atoms with Gasteiger partial charge in [0.25, 0.3) is 0 Å². The van der Waals surface area contributed by atoms with Gasteiger partial charge in [-0.15, -0.1) is 0 Å². The highest BCUT2D eigenvalue weighted by atomic mass is 16.4. The van der Waals surface area contributed by atoms with E-state index in [0.29, 0.717) is 0 Å². The molecule has 58 valence electrons. The highest BCUT2D eigenvalue weighted by molar-refractivity contribution is 5.73. The van der Waals surface area contributed by atoms with Crippen LogP contribution in [0.4, 0.5) is 0 Å². The molecule has 0 bridgehead atoms. The molecule has 6 nitrogen and oxygen atoms in total. The molecule has 0 aliphatic rings. The number of carboxylic acid groups (broad SMARTS) is 1. The molecule has 0 aliphatic heterocycles. The Balaban J connectivity index is -0.000000180. The second-order valence-electron chi connectivity index (χ2n) is 1.13. The van der Waals surface area contributed by atoms with Crippen molar-refractivity contribution in [3.05, 3.63) is 0 Å². The van der Waals surface area contributed by atoms with Crippen LogP contribution in [0.15, 0.2) is 0 Å². The number of aliphatic hydroxyl groups excluding tert-OH is 1. The zero-order valence-electron chi connectivity index (χ0n) is 4.66. The van der Waals surface area contributed by atoms with Crippen LogP contribution >= 0.6 is 0 Å². The van der Waals surface area contributed by atoms with E-state index in [9.17, 15) is 4.79 Å². The second-order valence-corrected chi connectivity index (χ2v) is 1.13. The number of carboxylic acids is 1. The van der Waals surface area contributed by atoms with Gasteiger partial charge in [-0.05, 0) is 0 Å². The molecule has 0 saturated carbocycles. The van der Waals surface area contributed by atoms with Crippen molar-refractivity contribution in [3.8, 4) is 0 Å². The van der Waals surface area contributed by atoms with E-state index in [-0.39, 0.29) is 11.0 Å². The number of hydrogen-bond acceptors (Lipinski definition) is 3.